The van der Waals surface area contributed by atoms with Gasteiger partial charge in [0.25, 0.3) is 0 Å². The zero-order valence-electron chi connectivity index (χ0n) is 6.24. The smallest absolute Gasteiger partial charge is 0.227 e. The summed E-state index contributed by atoms with van der Waals surface area (Å²) in [5.74, 6) is 5.33. The molecule has 0 aromatic carbocycles. The minimum absolute atomic E-state index is 0.214. The average Bonchev–Trinajstić information content (AvgIpc) is 1.87. The van der Waals surface area contributed by atoms with Crippen LogP contribution >= 0.6 is 0 Å². The van der Waals surface area contributed by atoms with Crippen molar-refractivity contribution in [1.82, 2.24) is 5.01 Å². The van der Waals surface area contributed by atoms with Crippen LogP contribution in [-0.2, 0) is 4.79 Å². The predicted molar refractivity (Wildman–Crippen MR) is 39.2 cm³/mol. The third-order valence-corrected chi connectivity index (χ3v) is 1.09. The molecule has 4 N–H and O–H groups in total. The van der Waals surface area contributed by atoms with Gasteiger partial charge < -0.3 is 5.73 Å². The Balaban J connectivity index is 4.01. The van der Waals surface area contributed by atoms with Crippen LogP contribution in [0.1, 0.15) is 13.8 Å². The van der Waals surface area contributed by atoms with Crippen LogP contribution in [0, 0.1) is 5.92 Å². The molecular weight excluding hydrogens is 130 g/mol. The van der Waals surface area contributed by atoms with E-state index in [-0.39, 0.29) is 5.92 Å². The Labute approximate surface area is 60.4 Å². The highest BCUT2D eigenvalue weighted by molar-refractivity contribution is 5.47. The molecule has 0 aliphatic heterocycles. The number of nitrogens with zero attached hydrogens (tertiary/aromatic N) is 1. The van der Waals surface area contributed by atoms with Gasteiger partial charge in [0.05, 0.1) is 0 Å². The van der Waals surface area contributed by atoms with Crippen molar-refractivity contribution >= 4 is 6.41 Å². The second-order valence-electron chi connectivity index (χ2n) is 2.34. The Morgan fingerprint density at radius 3 is 2.40 bits per heavy atom. The van der Waals surface area contributed by atoms with Crippen LogP contribution in [-0.4, -0.2) is 11.4 Å². The van der Waals surface area contributed by atoms with E-state index in [9.17, 15) is 4.79 Å². The fourth-order valence-electron chi connectivity index (χ4n) is 0.352. The number of rotatable bonds is 3. The van der Waals surface area contributed by atoms with Crippen molar-refractivity contribution in [2.45, 2.75) is 13.8 Å². The zero-order chi connectivity index (χ0) is 8.15. The van der Waals surface area contributed by atoms with E-state index < -0.39 is 0 Å². The molecule has 0 saturated heterocycles. The van der Waals surface area contributed by atoms with Crippen LogP contribution in [0.25, 0.3) is 0 Å². The predicted octanol–water partition coefficient (Wildman–Crippen LogP) is -0.225. The highest BCUT2D eigenvalue weighted by Gasteiger charge is 1.97. The van der Waals surface area contributed by atoms with E-state index >= 15 is 0 Å². The summed E-state index contributed by atoms with van der Waals surface area (Å²) in [6, 6.07) is 0. The van der Waals surface area contributed by atoms with Crippen LogP contribution < -0.4 is 11.6 Å². The summed E-state index contributed by atoms with van der Waals surface area (Å²) in [7, 11) is 0. The van der Waals surface area contributed by atoms with Crippen molar-refractivity contribution in [3.63, 3.8) is 0 Å². The lowest BCUT2D eigenvalue weighted by Gasteiger charge is -2.08. The number of amides is 1. The number of allylic oxidation sites excluding steroid dienone is 1. The molecule has 0 saturated carbocycles. The maximum absolute atomic E-state index is 9.96. The van der Waals surface area contributed by atoms with Crippen LogP contribution in [0.15, 0.2) is 11.9 Å². The van der Waals surface area contributed by atoms with Gasteiger partial charge in [-0.05, 0) is 5.92 Å². The molecule has 4 heteroatoms. The van der Waals surface area contributed by atoms with Gasteiger partial charge in [-0.3, -0.25) is 9.80 Å². The van der Waals surface area contributed by atoms with Crippen molar-refractivity contribution in [2.75, 3.05) is 0 Å². The lowest BCUT2D eigenvalue weighted by Crippen LogP contribution is -2.25. The molecule has 0 atom stereocenters. The van der Waals surface area contributed by atoms with Crippen LogP contribution in [0.4, 0.5) is 0 Å². The van der Waals surface area contributed by atoms with Crippen molar-refractivity contribution in [3.8, 4) is 0 Å². The second kappa shape index (κ2) is 3.90. The highest BCUT2D eigenvalue weighted by atomic mass is 16.1. The molecule has 0 rings (SSSR count). The largest absolute Gasteiger partial charge is 0.401 e. The first kappa shape index (κ1) is 8.97. The summed E-state index contributed by atoms with van der Waals surface area (Å²) < 4.78 is 0. The van der Waals surface area contributed by atoms with E-state index in [1.54, 1.807) is 0 Å². The van der Waals surface area contributed by atoms with Crippen LogP contribution in [0.5, 0.6) is 0 Å². The molecule has 4 nitrogen and oxygen atoms in total. The number of nitrogens with two attached hydrogens (primary N) is 2. The first-order chi connectivity index (χ1) is 4.57. The fraction of sp³-hybridized carbons (Fsp3) is 0.500. The zero-order valence-corrected chi connectivity index (χ0v) is 6.24. The molecule has 0 aliphatic carbocycles. The lowest BCUT2D eigenvalue weighted by molar-refractivity contribution is -0.116. The Bertz CT molecular complexity index is 142. The Kier molecular flexibility index (Phi) is 3.49. The average molecular weight is 143 g/mol. The van der Waals surface area contributed by atoms with Gasteiger partial charge in [0.1, 0.15) is 0 Å². The molecule has 0 bridgehead atoms. The molecule has 58 valence electrons. The normalized spacial score (nSPS) is 11.8. The molecule has 10 heavy (non-hydrogen) atoms. The minimum atomic E-state index is 0.214. The summed E-state index contributed by atoms with van der Waals surface area (Å²) in [5, 5.41) is 0.898. The second-order valence-corrected chi connectivity index (χ2v) is 2.34. The quantitative estimate of drug-likeness (QED) is 0.248. The highest BCUT2D eigenvalue weighted by Crippen LogP contribution is 2.00. The van der Waals surface area contributed by atoms with Crippen LogP contribution in [0.2, 0.25) is 0 Å². The van der Waals surface area contributed by atoms with Gasteiger partial charge >= 0.3 is 0 Å². The first-order valence-corrected chi connectivity index (χ1v) is 3.03. The summed E-state index contributed by atoms with van der Waals surface area (Å²) in [4.78, 5) is 9.96. The van der Waals surface area contributed by atoms with Crippen molar-refractivity contribution in [1.29, 1.82) is 0 Å². The van der Waals surface area contributed by atoms with Gasteiger partial charge in [0, 0.05) is 11.9 Å². The Hall–Kier alpha value is -1.03. The maximum atomic E-state index is 9.96. The molecule has 0 aliphatic rings. The van der Waals surface area contributed by atoms with E-state index in [0.717, 1.165) is 5.01 Å². The third-order valence-electron chi connectivity index (χ3n) is 1.09. The molecule has 0 aromatic rings. The molecule has 0 aromatic heterocycles. The fourth-order valence-corrected chi connectivity index (χ4v) is 0.352. The van der Waals surface area contributed by atoms with Crippen molar-refractivity contribution in [2.24, 2.45) is 17.5 Å². The van der Waals surface area contributed by atoms with Gasteiger partial charge in [0.15, 0.2) is 0 Å². The SMILES string of the molecule is CC(C)/C(N)=C/N(N)C=O. The number of carbonyl (C=O) groups excluding carboxylic acids is 1. The van der Waals surface area contributed by atoms with Crippen LogP contribution in [0.3, 0.4) is 0 Å². The molecule has 0 radical (unpaired) electrons. The lowest BCUT2D eigenvalue weighted by atomic mass is 10.2. The molecule has 0 fully saturated rings. The first-order valence-electron chi connectivity index (χ1n) is 3.03. The van der Waals surface area contributed by atoms with E-state index in [1.165, 1.54) is 6.20 Å². The van der Waals surface area contributed by atoms with Gasteiger partial charge in [-0.1, -0.05) is 13.8 Å². The molecule has 0 heterocycles. The third kappa shape index (κ3) is 3.09. The van der Waals surface area contributed by atoms with Gasteiger partial charge in [-0.25, -0.2) is 5.84 Å². The van der Waals surface area contributed by atoms with E-state index in [4.69, 9.17) is 11.6 Å². The summed E-state index contributed by atoms with van der Waals surface area (Å²) >= 11 is 0. The van der Waals surface area contributed by atoms with Gasteiger partial charge in [-0.15, -0.1) is 0 Å². The topological polar surface area (TPSA) is 72.3 Å². The Morgan fingerprint density at radius 1 is 1.60 bits per heavy atom. The summed E-state index contributed by atoms with van der Waals surface area (Å²) in [5.41, 5.74) is 6.07. The van der Waals surface area contributed by atoms with Gasteiger partial charge in [-0.2, -0.15) is 0 Å². The molecule has 0 spiro atoms. The molecular formula is C6H13N3O. The number of hydrogen-bond acceptors (Lipinski definition) is 3. The van der Waals surface area contributed by atoms with Gasteiger partial charge in [0.2, 0.25) is 6.41 Å². The van der Waals surface area contributed by atoms with Crippen molar-refractivity contribution < 1.29 is 4.79 Å². The summed E-state index contributed by atoms with van der Waals surface area (Å²) in [6.45, 7) is 3.84. The Morgan fingerprint density at radius 2 is 2.10 bits per heavy atom. The van der Waals surface area contributed by atoms with E-state index in [0.29, 0.717) is 12.1 Å². The number of hydrogen-bond donors (Lipinski definition) is 2. The van der Waals surface area contributed by atoms with E-state index in [2.05, 4.69) is 0 Å². The monoisotopic (exact) mass is 143 g/mol. The van der Waals surface area contributed by atoms with Crippen molar-refractivity contribution in [3.05, 3.63) is 11.9 Å². The van der Waals surface area contributed by atoms with E-state index in [1.807, 2.05) is 13.8 Å². The summed E-state index contributed by atoms with van der Waals surface area (Å²) in [6.07, 6.45) is 1.90. The maximum Gasteiger partial charge on any atom is 0.227 e. The molecule has 0 unspecified atom stereocenters. The molecule has 1 amide bonds. The number of hydrazine groups is 1. The minimum Gasteiger partial charge on any atom is -0.401 e. The number of carbonyl (C=O) groups is 1. The standard InChI is InChI=1S/C6H13N3O/c1-5(2)6(7)3-9(8)4-10/h3-5H,7-8H2,1-2H3/b6-3-.